The summed E-state index contributed by atoms with van der Waals surface area (Å²) >= 11 is 7.41. The molecule has 0 bridgehead atoms. The van der Waals surface area contributed by atoms with Crippen molar-refractivity contribution in [1.82, 2.24) is 14.5 Å². The van der Waals surface area contributed by atoms with Crippen LogP contribution in [-0.4, -0.2) is 59.0 Å². The Bertz CT molecular complexity index is 1370. The highest BCUT2D eigenvalue weighted by Gasteiger charge is 2.20. The van der Waals surface area contributed by atoms with E-state index in [9.17, 15) is 9.90 Å². The number of aromatic nitrogens is 2. The number of ether oxygens (including phenoxy) is 2. The van der Waals surface area contributed by atoms with Gasteiger partial charge in [-0.05, 0) is 42.3 Å². The number of likely N-dealkylation sites (tertiary alicyclic amines) is 1. The Morgan fingerprint density at radius 3 is 2.74 bits per heavy atom. The number of hydrogen-bond acceptors (Lipinski definition) is 7. The van der Waals surface area contributed by atoms with Gasteiger partial charge in [0.05, 0.1) is 24.4 Å². The molecule has 3 heterocycles. The normalized spacial score (nSPS) is 16.3. The molecule has 2 aromatic heterocycles. The number of aliphatic hydroxyl groups excluding tert-OH is 1. The molecule has 34 heavy (non-hydrogen) atoms. The van der Waals surface area contributed by atoms with Crippen LogP contribution in [0.5, 0.6) is 11.5 Å². The highest BCUT2D eigenvalue weighted by atomic mass is 35.5. The zero-order valence-corrected chi connectivity index (χ0v) is 20.2. The van der Waals surface area contributed by atoms with Crippen molar-refractivity contribution < 1.29 is 14.6 Å². The molecule has 0 amide bonds. The molecule has 0 aliphatic carbocycles. The van der Waals surface area contributed by atoms with E-state index < -0.39 is 0 Å². The number of thiophene rings is 1. The second-order valence-electron chi connectivity index (χ2n) is 8.18. The maximum Gasteiger partial charge on any atom is 0.275 e. The molecule has 1 unspecified atom stereocenters. The number of methoxy groups -OCH3 is 1. The highest BCUT2D eigenvalue weighted by Crippen LogP contribution is 2.33. The van der Waals surface area contributed by atoms with E-state index >= 15 is 0 Å². The van der Waals surface area contributed by atoms with E-state index in [1.165, 1.54) is 22.2 Å². The maximum atomic E-state index is 13.3. The second kappa shape index (κ2) is 9.76. The van der Waals surface area contributed by atoms with Gasteiger partial charge < -0.3 is 14.6 Å². The molecule has 1 aliphatic rings. The number of hydrogen-bond donors (Lipinski definition) is 1. The van der Waals surface area contributed by atoms with Gasteiger partial charge in [-0.1, -0.05) is 23.7 Å². The van der Waals surface area contributed by atoms with Gasteiger partial charge in [0.15, 0.2) is 11.5 Å². The van der Waals surface area contributed by atoms with Gasteiger partial charge in [-0.3, -0.25) is 14.3 Å². The Kier molecular flexibility index (Phi) is 6.56. The lowest BCUT2D eigenvalue weighted by molar-refractivity contribution is 0.166. The number of β-amino-alcohol motifs (C(OH)–C–C–N with tert-alkyl or cyclic N) is 1. The average Bonchev–Trinajstić information content (AvgIpc) is 3.47. The fourth-order valence-electron chi connectivity index (χ4n) is 4.08. The van der Waals surface area contributed by atoms with E-state index in [1.807, 2.05) is 36.4 Å². The van der Waals surface area contributed by atoms with Crippen LogP contribution in [0, 0.1) is 0 Å². The Morgan fingerprint density at radius 2 is 2.00 bits per heavy atom. The standard InChI is InChI=1S/C25H24ClN3O4S/c1-32-22-12-18(6-7-21(22)33-11-10-28-9-8-19(30)14-28)29-15-27-20-13-23(34-24(20)25(29)31)16-2-4-17(26)5-3-16/h2-7,12-13,15,19,30H,8-11,14H2,1H3. The van der Waals surface area contributed by atoms with E-state index in [0.29, 0.717) is 45.6 Å². The molecule has 5 rings (SSSR count). The molecule has 2 aromatic carbocycles. The van der Waals surface area contributed by atoms with E-state index in [-0.39, 0.29) is 11.7 Å². The first-order valence-electron chi connectivity index (χ1n) is 11.0. The molecule has 1 fully saturated rings. The van der Waals surface area contributed by atoms with Crippen LogP contribution >= 0.6 is 22.9 Å². The summed E-state index contributed by atoms with van der Waals surface area (Å²) in [6.07, 6.45) is 2.09. The first-order chi connectivity index (χ1) is 16.5. The zero-order chi connectivity index (χ0) is 23.7. The fraction of sp³-hybridized carbons (Fsp3) is 0.280. The molecule has 0 saturated carbocycles. The van der Waals surface area contributed by atoms with Crippen molar-refractivity contribution in [2.75, 3.05) is 33.4 Å². The molecule has 9 heteroatoms. The first-order valence-corrected chi connectivity index (χ1v) is 12.2. The predicted molar refractivity (Wildman–Crippen MR) is 135 cm³/mol. The van der Waals surface area contributed by atoms with Crippen molar-refractivity contribution in [3.63, 3.8) is 0 Å². The average molecular weight is 498 g/mol. The Hall–Kier alpha value is -2.91. The van der Waals surface area contributed by atoms with Gasteiger partial charge in [0.25, 0.3) is 5.56 Å². The van der Waals surface area contributed by atoms with E-state index in [4.69, 9.17) is 21.1 Å². The molecule has 176 valence electrons. The molecular formula is C25H24ClN3O4S. The molecule has 1 saturated heterocycles. The summed E-state index contributed by atoms with van der Waals surface area (Å²) in [6, 6.07) is 14.8. The summed E-state index contributed by atoms with van der Waals surface area (Å²) in [5.41, 5.74) is 2.16. The van der Waals surface area contributed by atoms with Crippen molar-refractivity contribution >= 4 is 33.2 Å². The lowest BCUT2D eigenvalue weighted by atomic mass is 10.2. The topological polar surface area (TPSA) is 76.8 Å². The Morgan fingerprint density at radius 1 is 1.18 bits per heavy atom. The summed E-state index contributed by atoms with van der Waals surface area (Å²) in [5.74, 6) is 1.15. The lowest BCUT2D eigenvalue weighted by Gasteiger charge is -2.17. The molecule has 1 atom stereocenters. The minimum absolute atomic E-state index is 0.140. The van der Waals surface area contributed by atoms with Gasteiger partial charge in [0.2, 0.25) is 0 Å². The second-order valence-corrected chi connectivity index (χ2v) is 9.67. The summed E-state index contributed by atoms with van der Waals surface area (Å²) in [4.78, 5) is 20.9. The summed E-state index contributed by atoms with van der Waals surface area (Å²) < 4.78 is 13.5. The molecule has 0 spiro atoms. The van der Waals surface area contributed by atoms with Crippen LogP contribution in [0.3, 0.4) is 0 Å². The van der Waals surface area contributed by atoms with Gasteiger partial charge in [0, 0.05) is 35.6 Å². The Labute approximate surface area is 205 Å². The van der Waals surface area contributed by atoms with Gasteiger partial charge in [-0.25, -0.2) is 4.98 Å². The van der Waals surface area contributed by atoms with Crippen LogP contribution in [0.1, 0.15) is 6.42 Å². The minimum Gasteiger partial charge on any atom is -0.493 e. The van der Waals surface area contributed by atoms with Crippen LogP contribution in [-0.2, 0) is 0 Å². The van der Waals surface area contributed by atoms with Crippen molar-refractivity contribution in [2.24, 2.45) is 0 Å². The van der Waals surface area contributed by atoms with Gasteiger partial charge in [0.1, 0.15) is 17.6 Å². The van der Waals surface area contributed by atoms with Crippen molar-refractivity contribution in [3.8, 4) is 27.6 Å². The van der Waals surface area contributed by atoms with E-state index in [1.54, 1.807) is 19.2 Å². The van der Waals surface area contributed by atoms with Crippen LogP contribution in [0.25, 0.3) is 26.3 Å². The molecular weight excluding hydrogens is 474 g/mol. The van der Waals surface area contributed by atoms with Gasteiger partial charge >= 0.3 is 0 Å². The zero-order valence-electron chi connectivity index (χ0n) is 18.6. The van der Waals surface area contributed by atoms with Crippen LogP contribution < -0.4 is 15.0 Å². The third kappa shape index (κ3) is 4.67. The van der Waals surface area contributed by atoms with Crippen molar-refractivity contribution in [3.05, 3.63) is 70.2 Å². The summed E-state index contributed by atoms with van der Waals surface area (Å²) in [7, 11) is 1.57. The molecule has 7 nitrogen and oxygen atoms in total. The quantitative estimate of drug-likeness (QED) is 0.412. The number of rotatable bonds is 7. The number of benzene rings is 2. The number of fused-ring (bicyclic) bond motifs is 1. The number of aliphatic hydroxyl groups is 1. The molecule has 1 aliphatic heterocycles. The van der Waals surface area contributed by atoms with Crippen LogP contribution in [0.4, 0.5) is 0 Å². The number of nitrogens with zero attached hydrogens (tertiary/aromatic N) is 3. The van der Waals surface area contributed by atoms with Crippen LogP contribution in [0.2, 0.25) is 5.02 Å². The fourth-order valence-corrected chi connectivity index (χ4v) is 5.25. The number of halogens is 1. The third-order valence-corrected chi connectivity index (χ3v) is 7.32. The predicted octanol–water partition coefficient (Wildman–Crippen LogP) is 4.22. The van der Waals surface area contributed by atoms with Crippen molar-refractivity contribution in [2.45, 2.75) is 12.5 Å². The summed E-state index contributed by atoms with van der Waals surface area (Å²) in [6.45, 7) is 2.77. The van der Waals surface area contributed by atoms with Gasteiger partial charge in [-0.15, -0.1) is 11.3 Å². The largest absolute Gasteiger partial charge is 0.493 e. The highest BCUT2D eigenvalue weighted by molar-refractivity contribution is 7.22. The van der Waals surface area contributed by atoms with E-state index in [0.717, 1.165) is 30.0 Å². The first kappa shape index (κ1) is 22.9. The molecule has 0 radical (unpaired) electrons. The smallest absolute Gasteiger partial charge is 0.275 e. The van der Waals surface area contributed by atoms with Crippen molar-refractivity contribution in [1.29, 1.82) is 0 Å². The molecule has 1 N–H and O–H groups in total. The SMILES string of the molecule is COc1cc(-n2cnc3cc(-c4ccc(Cl)cc4)sc3c2=O)ccc1OCCN1CCC(O)C1. The monoisotopic (exact) mass is 497 g/mol. The van der Waals surface area contributed by atoms with E-state index in [2.05, 4.69) is 9.88 Å². The minimum atomic E-state index is -0.247. The van der Waals surface area contributed by atoms with Crippen LogP contribution in [0.15, 0.2) is 59.7 Å². The lowest BCUT2D eigenvalue weighted by Crippen LogP contribution is -2.27. The third-order valence-electron chi connectivity index (χ3n) is 5.90. The Balaban J connectivity index is 1.38. The summed E-state index contributed by atoms with van der Waals surface area (Å²) in [5, 5.41) is 10.3. The molecule has 4 aromatic rings. The maximum absolute atomic E-state index is 13.3. The van der Waals surface area contributed by atoms with Gasteiger partial charge in [-0.2, -0.15) is 0 Å².